The van der Waals surface area contributed by atoms with Crippen LogP contribution in [0, 0.1) is 0 Å². The van der Waals surface area contributed by atoms with Gasteiger partial charge in [0.2, 0.25) is 0 Å². The second-order valence-electron chi connectivity index (χ2n) is 9.76. The van der Waals surface area contributed by atoms with Gasteiger partial charge in [0.25, 0.3) is 5.91 Å². The molecule has 0 aromatic heterocycles. The minimum Gasteiger partial charge on any atom is -0.468 e. The SMILES string of the molecule is COC(=O)C1(c2ccccc2)CCC(N(C(=O)c2ccc([C@](C)(O)C(F)(F)F)cc2)C2CC2)CC1. The molecule has 0 heterocycles. The summed E-state index contributed by atoms with van der Waals surface area (Å²) < 4.78 is 44.7. The van der Waals surface area contributed by atoms with Gasteiger partial charge in [-0.05, 0) is 68.7 Å². The highest BCUT2D eigenvalue weighted by molar-refractivity contribution is 5.95. The molecule has 0 saturated heterocycles. The molecule has 2 aliphatic carbocycles. The highest BCUT2D eigenvalue weighted by atomic mass is 19.4. The van der Waals surface area contributed by atoms with Crippen LogP contribution in [0.3, 0.4) is 0 Å². The third kappa shape index (κ3) is 4.68. The number of ether oxygens (including phenoxy) is 1. The highest BCUT2D eigenvalue weighted by Gasteiger charge is 2.51. The maximum absolute atomic E-state index is 13.5. The van der Waals surface area contributed by atoms with Gasteiger partial charge in [0.15, 0.2) is 5.60 Å². The Labute approximate surface area is 202 Å². The van der Waals surface area contributed by atoms with E-state index < -0.39 is 17.2 Å². The molecule has 2 aromatic carbocycles. The molecule has 4 rings (SSSR count). The summed E-state index contributed by atoms with van der Waals surface area (Å²) in [4.78, 5) is 28.2. The van der Waals surface area contributed by atoms with Gasteiger partial charge in [-0.1, -0.05) is 42.5 Å². The van der Waals surface area contributed by atoms with Crippen molar-refractivity contribution in [1.82, 2.24) is 4.90 Å². The summed E-state index contributed by atoms with van der Waals surface area (Å²) in [7, 11) is 1.39. The molecule has 0 bridgehead atoms. The van der Waals surface area contributed by atoms with Gasteiger partial charge in [-0.2, -0.15) is 13.2 Å². The van der Waals surface area contributed by atoms with E-state index >= 15 is 0 Å². The summed E-state index contributed by atoms with van der Waals surface area (Å²) in [6, 6.07) is 14.6. The lowest BCUT2D eigenvalue weighted by Gasteiger charge is -2.42. The largest absolute Gasteiger partial charge is 0.468 e. The summed E-state index contributed by atoms with van der Waals surface area (Å²) in [5.41, 5.74) is -2.88. The number of nitrogens with zero attached hydrogens (tertiary/aromatic N) is 1. The fraction of sp³-hybridized carbons (Fsp3) is 0.481. The van der Waals surface area contributed by atoms with Crippen LogP contribution >= 0.6 is 0 Å². The molecule has 2 aliphatic rings. The third-order valence-electron chi connectivity index (χ3n) is 7.53. The van der Waals surface area contributed by atoms with Gasteiger partial charge in [-0.25, -0.2) is 0 Å². The Balaban J connectivity index is 1.53. The van der Waals surface area contributed by atoms with E-state index in [0.717, 1.165) is 30.5 Å². The van der Waals surface area contributed by atoms with Crippen LogP contribution in [0.15, 0.2) is 54.6 Å². The van der Waals surface area contributed by atoms with Gasteiger partial charge >= 0.3 is 12.1 Å². The van der Waals surface area contributed by atoms with Gasteiger partial charge in [-0.3, -0.25) is 9.59 Å². The molecule has 35 heavy (non-hydrogen) atoms. The van der Waals surface area contributed by atoms with Crippen LogP contribution in [0.1, 0.15) is 66.9 Å². The Morgan fingerprint density at radius 3 is 1.97 bits per heavy atom. The zero-order chi connectivity index (χ0) is 25.4. The van der Waals surface area contributed by atoms with Crippen molar-refractivity contribution in [3.63, 3.8) is 0 Å². The first-order chi connectivity index (χ1) is 16.5. The Kier molecular flexibility index (Phi) is 6.70. The number of hydrogen-bond donors (Lipinski definition) is 1. The lowest BCUT2D eigenvalue weighted by molar-refractivity contribution is -0.258. The zero-order valence-electron chi connectivity index (χ0n) is 19.8. The number of amides is 1. The highest BCUT2D eigenvalue weighted by Crippen LogP contribution is 2.44. The summed E-state index contributed by atoms with van der Waals surface area (Å²) in [5, 5.41) is 9.91. The van der Waals surface area contributed by atoms with E-state index in [-0.39, 0.29) is 35.1 Å². The Morgan fingerprint density at radius 2 is 1.49 bits per heavy atom. The standard InChI is InChI=1S/C27H30F3NO4/c1-25(34,27(28,29)30)19-10-8-18(9-11-19)23(32)31(21-12-13-21)22-14-16-26(17-15-22,24(33)35-2)20-6-4-3-5-7-20/h3-11,21-22,34H,12-17H2,1-2H3/t22?,25-,26?/m0/s1. The summed E-state index contributed by atoms with van der Waals surface area (Å²) in [6.07, 6.45) is -0.754. The van der Waals surface area contributed by atoms with Crippen molar-refractivity contribution < 1.29 is 32.6 Å². The monoisotopic (exact) mass is 489 g/mol. The average Bonchev–Trinajstić information content (AvgIpc) is 3.69. The fourth-order valence-corrected chi connectivity index (χ4v) is 5.17. The van der Waals surface area contributed by atoms with Crippen molar-refractivity contribution in [3.05, 3.63) is 71.3 Å². The molecule has 1 N–H and O–H groups in total. The summed E-state index contributed by atoms with van der Waals surface area (Å²) in [5.74, 6) is -0.514. The van der Waals surface area contributed by atoms with Crippen molar-refractivity contribution in [2.45, 2.75) is 74.7 Å². The van der Waals surface area contributed by atoms with Crippen molar-refractivity contribution in [1.29, 1.82) is 0 Å². The lowest BCUT2D eigenvalue weighted by Crippen LogP contribution is -2.49. The average molecular weight is 490 g/mol. The predicted molar refractivity (Wildman–Crippen MR) is 124 cm³/mol. The minimum absolute atomic E-state index is 0.0746. The second kappa shape index (κ2) is 9.30. The van der Waals surface area contributed by atoms with E-state index in [1.807, 2.05) is 35.2 Å². The number of carbonyl (C=O) groups is 2. The van der Waals surface area contributed by atoms with Crippen LogP contribution in [-0.2, 0) is 20.5 Å². The van der Waals surface area contributed by atoms with Crippen LogP contribution in [0.2, 0.25) is 0 Å². The second-order valence-corrected chi connectivity index (χ2v) is 9.76. The predicted octanol–water partition coefficient (Wildman–Crippen LogP) is 5.11. The molecule has 0 unspecified atom stereocenters. The molecule has 0 aliphatic heterocycles. The molecule has 0 spiro atoms. The van der Waals surface area contributed by atoms with E-state index in [9.17, 15) is 27.9 Å². The molecule has 2 fully saturated rings. The van der Waals surface area contributed by atoms with E-state index in [0.29, 0.717) is 32.6 Å². The normalized spacial score (nSPS) is 24.3. The van der Waals surface area contributed by atoms with Crippen molar-refractivity contribution >= 4 is 11.9 Å². The molecule has 2 aromatic rings. The van der Waals surface area contributed by atoms with Crippen LogP contribution in [-0.4, -0.2) is 47.3 Å². The maximum atomic E-state index is 13.5. The van der Waals surface area contributed by atoms with Gasteiger partial charge in [0.1, 0.15) is 0 Å². The number of benzene rings is 2. The van der Waals surface area contributed by atoms with E-state index in [4.69, 9.17) is 4.74 Å². The molecule has 188 valence electrons. The third-order valence-corrected chi connectivity index (χ3v) is 7.53. The smallest absolute Gasteiger partial charge is 0.421 e. The molecule has 1 amide bonds. The van der Waals surface area contributed by atoms with Crippen LogP contribution in [0.25, 0.3) is 0 Å². The van der Waals surface area contributed by atoms with E-state index in [2.05, 4.69) is 0 Å². The van der Waals surface area contributed by atoms with E-state index in [1.54, 1.807) is 0 Å². The first-order valence-electron chi connectivity index (χ1n) is 11.9. The maximum Gasteiger partial charge on any atom is 0.421 e. The number of methoxy groups -OCH3 is 1. The van der Waals surface area contributed by atoms with Gasteiger partial charge in [-0.15, -0.1) is 0 Å². The number of esters is 1. The quantitative estimate of drug-likeness (QED) is 0.573. The van der Waals surface area contributed by atoms with Crippen LogP contribution in [0.4, 0.5) is 13.2 Å². The van der Waals surface area contributed by atoms with Crippen molar-refractivity contribution in [2.24, 2.45) is 0 Å². The Hall–Kier alpha value is -2.87. The Bertz CT molecular complexity index is 1050. The van der Waals surface area contributed by atoms with E-state index in [1.165, 1.54) is 19.2 Å². The molecule has 8 heteroatoms. The van der Waals surface area contributed by atoms with Crippen molar-refractivity contribution in [2.75, 3.05) is 7.11 Å². The van der Waals surface area contributed by atoms with Gasteiger partial charge < -0.3 is 14.7 Å². The van der Waals surface area contributed by atoms with Gasteiger partial charge in [0, 0.05) is 17.6 Å². The molecule has 2 saturated carbocycles. The first kappa shape index (κ1) is 25.2. The van der Waals surface area contributed by atoms with Gasteiger partial charge in [0.05, 0.1) is 12.5 Å². The van der Waals surface area contributed by atoms with Crippen molar-refractivity contribution in [3.8, 4) is 0 Å². The number of rotatable bonds is 6. The molecular formula is C27H30F3NO4. The molecule has 1 atom stereocenters. The number of halogens is 3. The number of alkyl halides is 3. The zero-order valence-corrected chi connectivity index (χ0v) is 19.8. The summed E-state index contributed by atoms with van der Waals surface area (Å²) >= 11 is 0. The summed E-state index contributed by atoms with van der Waals surface area (Å²) in [6.45, 7) is 0.697. The molecule has 5 nitrogen and oxygen atoms in total. The Morgan fingerprint density at radius 1 is 0.943 bits per heavy atom. The van der Waals surface area contributed by atoms with Crippen LogP contribution in [0.5, 0.6) is 0 Å². The molecule has 0 radical (unpaired) electrons. The first-order valence-corrected chi connectivity index (χ1v) is 11.9. The number of carbonyl (C=O) groups excluding carboxylic acids is 2. The van der Waals surface area contributed by atoms with Crippen LogP contribution < -0.4 is 0 Å². The number of aliphatic hydroxyl groups is 1. The fourth-order valence-electron chi connectivity index (χ4n) is 5.17. The molecular weight excluding hydrogens is 459 g/mol. The minimum atomic E-state index is -4.83. The lowest BCUT2D eigenvalue weighted by atomic mass is 9.68. The number of hydrogen-bond acceptors (Lipinski definition) is 4. The topological polar surface area (TPSA) is 66.8 Å².